The Hall–Kier alpha value is -1.00. The van der Waals surface area contributed by atoms with E-state index in [4.69, 9.17) is 16.2 Å². The summed E-state index contributed by atoms with van der Waals surface area (Å²) in [7, 11) is 0. The normalized spacial score (nSPS) is 10.1. The predicted octanol–water partition coefficient (Wildman–Crippen LogP) is 1.20. The second-order valence-corrected chi connectivity index (χ2v) is 4.00. The first kappa shape index (κ1) is 11.1. The number of nitrogen functional groups attached to an aromatic ring is 1. The molecule has 0 aliphatic heterocycles. The molecular formula is C10H14N2OS. The van der Waals surface area contributed by atoms with Gasteiger partial charge in [-0.25, -0.2) is 0 Å². The standard InChI is InChI=1S/C10H14N2OS/c11-10(12)9-3-1-2-8(6-9)7-14-5-4-13/h1-3,6,13H,4-5,7H2,(H3,11,12). The Bertz CT molecular complexity index is 315. The van der Waals surface area contributed by atoms with Crippen molar-refractivity contribution in [2.75, 3.05) is 12.4 Å². The van der Waals surface area contributed by atoms with Gasteiger partial charge in [0.05, 0.1) is 6.61 Å². The lowest BCUT2D eigenvalue weighted by Crippen LogP contribution is -2.10. The zero-order valence-electron chi connectivity index (χ0n) is 7.86. The molecule has 1 rings (SSSR count). The van der Waals surface area contributed by atoms with Gasteiger partial charge in [0, 0.05) is 17.1 Å². The predicted molar refractivity (Wildman–Crippen MR) is 60.7 cm³/mol. The molecule has 0 aliphatic carbocycles. The van der Waals surface area contributed by atoms with E-state index in [1.165, 1.54) is 0 Å². The van der Waals surface area contributed by atoms with Crippen LogP contribution in [0.5, 0.6) is 0 Å². The first-order valence-corrected chi connectivity index (χ1v) is 5.51. The minimum atomic E-state index is 0.0963. The van der Waals surface area contributed by atoms with Gasteiger partial charge in [-0.1, -0.05) is 18.2 Å². The average molecular weight is 210 g/mol. The summed E-state index contributed by atoms with van der Waals surface area (Å²) < 4.78 is 0. The quantitative estimate of drug-likeness (QED) is 0.388. The summed E-state index contributed by atoms with van der Waals surface area (Å²) in [5, 5.41) is 15.9. The Morgan fingerprint density at radius 3 is 2.93 bits per heavy atom. The van der Waals surface area contributed by atoms with E-state index in [1.54, 1.807) is 11.8 Å². The summed E-state index contributed by atoms with van der Waals surface area (Å²) in [6.07, 6.45) is 0. The Kier molecular flexibility index (Phi) is 4.49. The van der Waals surface area contributed by atoms with Gasteiger partial charge in [-0.3, -0.25) is 5.41 Å². The summed E-state index contributed by atoms with van der Waals surface area (Å²) in [5.41, 5.74) is 7.27. The number of nitrogens with two attached hydrogens (primary N) is 1. The lowest BCUT2D eigenvalue weighted by atomic mass is 10.1. The van der Waals surface area contributed by atoms with Gasteiger partial charge in [-0.15, -0.1) is 0 Å². The molecule has 0 saturated carbocycles. The van der Waals surface area contributed by atoms with E-state index in [9.17, 15) is 0 Å². The van der Waals surface area contributed by atoms with Crippen LogP contribution in [0.3, 0.4) is 0 Å². The molecule has 0 radical (unpaired) electrons. The zero-order chi connectivity index (χ0) is 10.4. The largest absolute Gasteiger partial charge is 0.396 e. The minimum Gasteiger partial charge on any atom is -0.396 e. The summed E-state index contributed by atoms with van der Waals surface area (Å²) in [6.45, 7) is 0.205. The van der Waals surface area contributed by atoms with E-state index in [2.05, 4.69) is 0 Å². The molecule has 1 aromatic rings. The Morgan fingerprint density at radius 1 is 1.50 bits per heavy atom. The molecule has 0 aliphatic rings. The molecule has 0 spiro atoms. The van der Waals surface area contributed by atoms with Crippen molar-refractivity contribution in [3.05, 3.63) is 35.4 Å². The number of aliphatic hydroxyl groups is 1. The SMILES string of the molecule is N=C(N)c1cccc(CSCCO)c1. The van der Waals surface area contributed by atoms with E-state index in [1.807, 2.05) is 24.3 Å². The van der Waals surface area contributed by atoms with Crippen LogP contribution in [0.4, 0.5) is 0 Å². The van der Waals surface area contributed by atoms with Crippen molar-refractivity contribution >= 4 is 17.6 Å². The molecule has 0 atom stereocenters. The zero-order valence-corrected chi connectivity index (χ0v) is 8.68. The van der Waals surface area contributed by atoms with E-state index in [0.717, 1.165) is 22.6 Å². The van der Waals surface area contributed by atoms with Crippen molar-refractivity contribution in [2.45, 2.75) is 5.75 Å². The highest BCUT2D eigenvalue weighted by Gasteiger charge is 1.98. The van der Waals surface area contributed by atoms with E-state index < -0.39 is 0 Å². The fourth-order valence-corrected chi connectivity index (χ4v) is 1.77. The van der Waals surface area contributed by atoms with Gasteiger partial charge in [0.25, 0.3) is 0 Å². The van der Waals surface area contributed by atoms with Gasteiger partial charge in [0.15, 0.2) is 0 Å². The monoisotopic (exact) mass is 210 g/mol. The van der Waals surface area contributed by atoms with Gasteiger partial charge in [-0.05, 0) is 11.6 Å². The van der Waals surface area contributed by atoms with Crippen LogP contribution >= 0.6 is 11.8 Å². The number of thioether (sulfide) groups is 1. The molecule has 0 unspecified atom stereocenters. The smallest absolute Gasteiger partial charge is 0.122 e. The average Bonchev–Trinajstić information content (AvgIpc) is 2.19. The Labute approximate surface area is 87.8 Å². The molecule has 1 aromatic carbocycles. The van der Waals surface area contributed by atoms with Gasteiger partial charge >= 0.3 is 0 Å². The molecule has 0 heterocycles. The molecule has 0 saturated heterocycles. The van der Waals surface area contributed by atoms with E-state index in [-0.39, 0.29) is 12.4 Å². The van der Waals surface area contributed by atoms with Crippen LogP contribution in [0.1, 0.15) is 11.1 Å². The summed E-state index contributed by atoms with van der Waals surface area (Å²) >= 11 is 1.67. The van der Waals surface area contributed by atoms with Gasteiger partial charge in [0.2, 0.25) is 0 Å². The lowest BCUT2D eigenvalue weighted by Gasteiger charge is -2.03. The molecule has 0 fully saturated rings. The van der Waals surface area contributed by atoms with Crippen molar-refractivity contribution in [3.8, 4) is 0 Å². The third-order valence-electron chi connectivity index (χ3n) is 1.74. The van der Waals surface area contributed by atoms with Gasteiger partial charge in [-0.2, -0.15) is 11.8 Å². The number of hydrogen-bond donors (Lipinski definition) is 3. The molecule has 0 amide bonds. The molecule has 0 bridgehead atoms. The topological polar surface area (TPSA) is 70.1 Å². The highest BCUT2D eigenvalue weighted by molar-refractivity contribution is 7.98. The fourth-order valence-electron chi connectivity index (χ4n) is 1.08. The Morgan fingerprint density at radius 2 is 2.29 bits per heavy atom. The number of nitrogens with one attached hydrogen (secondary N) is 1. The molecule has 3 nitrogen and oxygen atoms in total. The van der Waals surface area contributed by atoms with E-state index in [0.29, 0.717) is 0 Å². The number of amidine groups is 1. The van der Waals surface area contributed by atoms with E-state index >= 15 is 0 Å². The van der Waals surface area contributed by atoms with Crippen LogP contribution in [0.15, 0.2) is 24.3 Å². The maximum atomic E-state index is 8.61. The highest BCUT2D eigenvalue weighted by Crippen LogP contribution is 2.13. The third-order valence-corrected chi connectivity index (χ3v) is 2.75. The second kappa shape index (κ2) is 5.67. The third kappa shape index (κ3) is 3.40. The molecule has 4 N–H and O–H groups in total. The lowest BCUT2D eigenvalue weighted by molar-refractivity contribution is 0.322. The van der Waals surface area contributed by atoms with Crippen LogP contribution in [0.25, 0.3) is 0 Å². The molecule has 0 aromatic heterocycles. The first-order chi connectivity index (χ1) is 6.74. The number of rotatable bonds is 5. The summed E-state index contributed by atoms with van der Waals surface area (Å²) in [6, 6.07) is 7.62. The van der Waals surface area contributed by atoms with Crippen molar-refractivity contribution < 1.29 is 5.11 Å². The van der Waals surface area contributed by atoms with Gasteiger partial charge in [0.1, 0.15) is 5.84 Å². The van der Waals surface area contributed by atoms with Crippen molar-refractivity contribution in [1.29, 1.82) is 5.41 Å². The van der Waals surface area contributed by atoms with Crippen LogP contribution in [0, 0.1) is 5.41 Å². The number of benzene rings is 1. The molecule has 4 heteroatoms. The second-order valence-electron chi connectivity index (χ2n) is 2.89. The first-order valence-electron chi connectivity index (χ1n) is 4.36. The highest BCUT2D eigenvalue weighted by atomic mass is 32.2. The van der Waals surface area contributed by atoms with Crippen molar-refractivity contribution in [2.24, 2.45) is 5.73 Å². The minimum absolute atomic E-state index is 0.0963. The number of hydrogen-bond acceptors (Lipinski definition) is 3. The number of aliphatic hydroxyl groups excluding tert-OH is 1. The fraction of sp³-hybridized carbons (Fsp3) is 0.300. The van der Waals surface area contributed by atoms with Crippen LogP contribution in [0.2, 0.25) is 0 Å². The van der Waals surface area contributed by atoms with Crippen LogP contribution in [-0.4, -0.2) is 23.3 Å². The summed E-state index contributed by atoms with van der Waals surface area (Å²) in [5.74, 6) is 1.69. The van der Waals surface area contributed by atoms with Crippen molar-refractivity contribution in [1.82, 2.24) is 0 Å². The molecular weight excluding hydrogens is 196 g/mol. The maximum Gasteiger partial charge on any atom is 0.122 e. The van der Waals surface area contributed by atoms with Crippen LogP contribution < -0.4 is 5.73 Å². The molecule has 76 valence electrons. The molecule has 14 heavy (non-hydrogen) atoms. The van der Waals surface area contributed by atoms with Crippen molar-refractivity contribution in [3.63, 3.8) is 0 Å². The summed E-state index contributed by atoms with van der Waals surface area (Å²) in [4.78, 5) is 0. The van der Waals surface area contributed by atoms with Gasteiger partial charge < -0.3 is 10.8 Å². The van der Waals surface area contributed by atoms with Crippen LogP contribution in [-0.2, 0) is 5.75 Å². The Balaban J connectivity index is 2.59. The maximum absolute atomic E-state index is 8.61.